The third-order valence-corrected chi connectivity index (χ3v) is 3.86. The predicted octanol–water partition coefficient (Wildman–Crippen LogP) is 3.40. The molecule has 0 bridgehead atoms. The fourth-order valence-corrected chi connectivity index (χ4v) is 2.43. The van der Waals surface area contributed by atoms with Crippen LogP contribution in [-0.4, -0.2) is 25.9 Å². The largest absolute Gasteiger partial charge is 0.491 e. The summed E-state index contributed by atoms with van der Waals surface area (Å²) in [4.78, 5) is 4.24. The number of hydrogen-bond acceptors (Lipinski definition) is 3. The Labute approximate surface area is 142 Å². The molecule has 0 radical (unpaired) electrons. The third kappa shape index (κ3) is 3.74. The molecule has 3 aromatic rings. The summed E-state index contributed by atoms with van der Waals surface area (Å²) in [5, 5.41) is 4.21. The molecule has 5 nitrogen and oxygen atoms in total. The molecule has 2 aromatic heterocycles. The maximum Gasteiger partial charge on any atom is 0.122 e. The molecule has 23 heavy (non-hydrogen) atoms. The lowest BCUT2D eigenvalue weighted by Crippen LogP contribution is -2.09. The van der Waals surface area contributed by atoms with Crippen molar-refractivity contribution in [2.75, 3.05) is 6.61 Å². The Morgan fingerprint density at radius 3 is 2.74 bits per heavy atom. The Kier molecular flexibility index (Phi) is 5.45. The molecule has 6 heteroatoms. The van der Waals surface area contributed by atoms with Gasteiger partial charge in [0, 0.05) is 18.8 Å². The molecular weight excluding hydrogens is 312 g/mol. The Morgan fingerprint density at radius 1 is 1.17 bits per heavy atom. The lowest BCUT2D eigenvalue weighted by molar-refractivity contribution is 0.297. The van der Waals surface area contributed by atoms with Crippen LogP contribution in [0.5, 0.6) is 5.75 Å². The molecule has 0 saturated carbocycles. The number of rotatable bonds is 5. The molecule has 0 saturated heterocycles. The van der Waals surface area contributed by atoms with Crippen molar-refractivity contribution in [2.24, 2.45) is 7.05 Å². The zero-order valence-corrected chi connectivity index (χ0v) is 14.4. The summed E-state index contributed by atoms with van der Waals surface area (Å²) in [7, 11) is 1.91. The van der Waals surface area contributed by atoms with Gasteiger partial charge in [0.2, 0.25) is 0 Å². The van der Waals surface area contributed by atoms with Crippen molar-refractivity contribution in [1.82, 2.24) is 19.3 Å². The van der Waals surface area contributed by atoms with Gasteiger partial charge in [-0.05, 0) is 31.0 Å². The van der Waals surface area contributed by atoms with Gasteiger partial charge in [-0.1, -0.05) is 12.1 Å². The van der Waals surface area contributed by atoms with Gasteiger partial charge in [0.05, 0.1) is 31.0 Å². The van der Waals surface area contributed by atoms with Gasteiger partial charge in [0.1, 0.15) is 12.4 Å². The van der Waals surface area contributed by atoms with Crippen molar-refractivity contribution in [3.63, 3.8) is 0 Å². The number of hydrogen-bond donors (Lipinski definition) is 0. The average Bonchev–Trinajstić information content (AvgIpc) is 3.12. The SMILES string of the molecule is Cc1cccc(OCCn2cncc2-c2cnn(C)c2)c1C.Cl. The minimum Gasteiger partial charge on any atom is -0.491 e. The molecule has 2 heterocycles. The normalized spacial score (nSPS) is 10.4. The number of imidazole rings is 1. The van der Waals surface area contributed by atoms with Gasteiger partial charge in [-0.25, -0.2) is 4.98 Å². The maximum absolute atomic E-state index is 5.92. The number of ether oxygens (including phenoxy) is 1. The van der Waals surface area contributed by atoms with Crippen LogP contribution in [0.25, 0.3) is 11.3 Å². The molecule has 3 rings (SSSR count). The number of aryl methyl sites for hydroxylation is 2. The summed E-state index contributed by atoms with van der Waals surface area (Å²) in [6.07, 6.45) is 7.52. The maximum atomic E-state index is 5.92. The monoisotopic (exact) mass is 332 g/mol. The lowest BCUT2D eigenvalue weighted by Gasteiger charge is -2.12. The van der Waals surface area contributed by atoms with Crippen molar-refractivity contribution in [3.8, 4) is 17.0 Å². The first-order chi connectivity index (χ1) is 10.6. The first-order valence-electron chi connectivity index (χ1n) is 7.33. The van der Waals surface area contributed by atoms with Gasteiger partial charge >= 0.3 is 0 Å². The topological polar surface area (TPSA) is 44.9 Å². The van der Waals surface area contributed by atoms with E-state index in [1.807, 2.05) is 44.1 Å². The molecule has 0 atom stereocenters. The van der Waals surface area contributed by atoms with Crippen molar-refractivity contribution in [1.29, 1.82) is 0 Å². The standard InChI is InChI=1S/C17H20N4O.ClH/c1-13-5-4-6-17(14(13)2)22-8-7-21-12-18-10-16(21)15-9-19-20(3)11-15;/h4-6,9-12H,7-8H2,1-3H3;1H. The van der Waals surface area contributed by atoms with E-state index >= 15 is 0 Å². The summed E-state index contributed by atoms with van der Waals surface area (Å²) < 4.78 is 9.79. The summed E-state index contributed by atoms with van der Waals surface area (Å²) in [5.74, 6) is 0.947. The highest BCUT2D eigenvalue weighted by Gasteiger charge is 2.07. The van der Waals surface area contributed by atoms with Crippen LogP contribution < -0.4 is 4.74 Å². The smallest absolute Gasteiger partial charge is 0.122 e. The van der Waals surface area contributed by atoms with Crippen LogP contribution in [0.2, 0.25) is 0 Å². The molecule has 0 N–H and O–H groups in total. The van der Waals surface area contributed by atoms with E-state index in [1.165, 1.54) is 11.1 Å². The van der Waals surface area contributed by atoms with Crippen molar-refractivity contribution in [2.45, 2.75) is 20.4 Å². The van der Waals surface area contributed by atoms with Gasteiger partial charge < -0.3 is 9.30 Å². The number of nitrogens with zero attached hydrogens (tertiary/aromatic N) is 4. The van der Waals surface area contributed by atoms with E-state index in [4.69, 9.17) is 4.74 Å². The van der Waals surface area contributed by atoms with Crippen LogP contribution in [0.1, 0.15) is 11.1 Å². The summed E-state index contributed by atoms with van der Waals surface area (Å²) in [6, 6.07) is 6.13. The van der Waals surface area contributed by atoms with Crippen LogP contribution in [0.15, 0.2) is 43.1 Å². The molecule has 0 aliphatic carbocycles. The number of aromatic nitrogens is 4. The van der Waals surface area contributed by atoms with E-state index in [9.17, 15) is 0 Å². The minimum atomic E-state index is 0. The quantitative estimate of drug-likeness (QED) is 0.719. The zero-order valence-electron chi connectivity index (χ0n) is 13.6. The summed E-state index contributed by atoms with van der Waals surface area (Å²) in [5.41, 5.74) is 4.56. The van der Waals surface area contributed by atoms with Gasteiger partial charge in [-0.2, -0.15) is 5.10 Å². The lowest BCUT2D eigenvalue weighted by atomic mass is 10.1. The second kappa shape index (κ2) is 7.33. The van der Waals surface area contributed by atoms with Crippen LogP contribution >= 0.6 is 12.4 Å². The van der Waals surface area contributed by atoms with Crippen LogP contribution in [-0.2, 0) is 13.6 Å². The van der Waals surface area contributed by atoms with Gasteiger partial charge in [0.25, 0.3) is 0 Å². The average molecular weight is 333 g/mol. The van der Waals surface area contributed by atoms with Crippen LogP contribution in [0.4, 0.5) is 0 Å². The van der Waals surface area contributed by atoms with Gasteiger partial charge in [-0.15, -0.1) is 12.4 Å². The molecule has 122 valence electrons. The zero-order chi connectivity index (χ0) is 15.5. The second-order valence-corrected chi connectivity index (χ2v) is 5.42. The Hall–Kier alpha value is -2.27. The highest BCUT2D eigenvalue weighted by atomic mass is 35.5. The molecule has 1 aromatic carbocycles. The molecule has 0 aliphatic rings. The fraction of sp³-hybridized carbons (Fsp3) is 0.294. The van der Waals surface area contributed by atoms with Gasteiger partial charge in [0.15, 0.2) is 0 Å². The first-order valence-corrected chi connectivity index (χ1v) is 7.33. The first kappa shape index (κ1) is 17.1. The van der Waals surface area contributed by atoms with E-state index in [2.05, 4.69) is 34.6 Å². The highest BCUT2D eigenvalue weighted by molar-refractivity contribution is 5.85. The summed E-state index contributed by atoms with van der Waals surface area (Å²) >= 11 is 0. The van der Waals surface area contributed by atoms with E-state index in [0.717, 1.165) is 23.6 Å². The third-order valence-electron chi connectivity index (χ3n) is 3.86. The Morgan fingerprint density at radius 2 is 2.00 bits per heavy atom. The van der Waals surface area contributed by atoms with Crippen molar-refractivity contribution < 1.29 is 4.74 Å². The van der Waals surface area contributed by atoms with Crippen LogP contribution in [0, 0.1) is 13.8 Å². The second-order valence-electron chi connectivity index (χ2n) is 5.42. The molecule has 0 aliphatic heterocycles. The predicted molar refractivity (Wildman–Crippen MR) is 93.1 cm³/mol. The number of benzene rings is 1. The molecule has 0 spiro atoms. The van der Waals surface area contributed by atoms with E-state index in [0.29, 0.717) is 6.61 Å². The fourth-order valence-electron chi connectivity index (χ4n) is 2.43. The highest BCUT2D eigenvalue weighted by Crippen LogP contribution is 2.21. The van der Waals surface area contributed by atoms with Crippen molar-refractivity contribution >= 4 is 12.4 Å². The van der Waals surface area contributed by atoms with Gasteiger partial charge in [-0.3, -0.25) is 4.68 Å². The molecular formula is C17H21ClN4O. The Balaban J connectivity index is 0.00000192. The van der Waals surface area contributed by atoms with E-state index in [-0.39, 0.29) is 12.4 Å². The summed E-state index contributed by atoms with van der Waals surface area (Å²) in [6.45, 7) is 5.53. The van der Waals surface area contributed by atoms with Crippen LogP contribution in [0.3, 0.4) is 0 Å². The van der Waals surface area contributed by atoms with Crippen molar-refractivity contribution in [3.05, 3.63) is 54.2 Å². The molecule has 0 fully saturated rings. The van der Waals surface area contributed by atoms with E-state index < -0.39 is 0 Å². The molecule has 0 unspecified atom stereocenters. The minimum absolute atomic E-state index is 0. The number of halogens is 1. The van der Waals surface area contributed by atoms with E-state index in [1.54, 1.807) is 4.68 Å². The molecule has 0 amide bonds. The Bertz CT molecular complexity index is 779.